The van der Waals surface area contributed by atoms with Gasteiger partial charge in [-0.2, -0.15) is 0 Å². The third-order valence-electron chi connectivity index (χ3n) is 20.2. The zero-order chi connectivity index (χ0) is 101. The molecular weight excluding hydrogens is 1600 g/mol. The molecule has 0 radical (unpaired) electrons. The second kappa shape index (κ2) is 60.7. The Labute approximate surface area is 787 Å². The van der Waals surface area contributed by atoms with Gasteiger partial charge in [-0.3, -0.25) is 43.5 Å². The number of esters is 6. The number of nitrogens with two attached hydrogens (primary N) is 1. The first-order valence-corrected chi connectivity index (χ1v) is 48.3. The Kier molecular flexibility index (Phi) is 64.1. The maximum absolute atomic E-state index is 12.2. The molecule has 127 heavy (non-hydrogen) atoms. The molecule has 4 heterocycles. The molecular formula is C105H217N7O15. The summed E-state index contributed by atoms with van der Waals surface area (Å²) in [6.07, 6.45) is 5.67. The van der Waals surface area contributed by atoms with Crippen molar-refractivity contribution in [3.05, 3.63) is 0 Å². The lowest BCUT2D eigenvalue weighted by Gasteiger charge is -2.39. The number of carbonyl (C=O) groups excluding carboxylic acids is 6. The van der Waals surface area contributed by atoms with Gasteiger partial charge in [-0.05, 0) is 211 Å². The normalized spacial score (nSPS) is 16.4. The van der Waals surface area contributed by atoms with Crippen molar-refractivity contribution in [3.8, 4) is 0 Å². The van der Waals surface area contributed by atoms with Gasteiger partial charge >= 0.3 is 35.8 Å². The van der Waals surface area contributed by atoms with Crippen molar-refractivity contribution in [2.24, 2.45) is 87.0 Å². The minimum Gasteiger partial charge on any atom is -0.465 e. The summed E-state index contributed by atoms with van der Waals surface area (Å²) in [5.41, 5.74) is 4.81. The number of ether oxygens (including phenoxy) is 9. The summed E-state index contributed by atoms with van der Waals surface area (Å²) in [5.74, 6) is -0.800. The van der Waals surface area contributed by atoms with Gasteiger partial charge in [0.05, 0.1) is 106 Å². The largest absolute Gasteiger partial charge is 0.465 e. The summed E-state index contributed by atoms with van der Waals surface area (Å²) in [4.78, 5) is 84.3. The van der Waals surface area contributed by atoms with Crippen LogP contribution in [0.1, 0.15) is 364 Å². The van der Waals surface area contributed by atoms with E-state index in [9.17, 15) is 28.8 Å². The molecule has 762 valence electrons. The molecule has 0 aliphatic carbocycles. The molecule has 0 spiro atoms. The van der Waals surface area contributed by atoms with E-state index in [2.05, 4.69) is 237 Å². The summed E-state index contributed by atoms with van der Waals surface area (Å²) in [5, 5.41) is 0. The molecule has 22 heteroatoms. The second-order valence-electron chi connectivity index (χ2n) is 52.4. The van der Waals surface area contributed by atoms with Crippen molar-refractivity contribution < 1.29 is 71.4 Å². The number of likely N-dealkylation sites (N-methyl/N-ethyl adjacent to an activating group) is 1. The smallest absolute Gasteiger partial charge is 0.325 e. The van der Waals surface area contributed by atoms with Crippen LogP contribution in [0, 0.1) is 81.2 Å². The van der Waals surface area contributed by atoms with Crippen LogP contribution in [0.5, 0.6) is 0 Å². The molecule has 4 aliphatic heterocycles. The molecule has 4 aliphatic rings. The summed E-state index contributed by atoms with van der Waals surface area (Å²) >= 11 is 0. The van der Waals surface area contributed by atoms with E-state index in [1.807, 2.05) is 125 Å². The molecule has 0 aromatic heterocycles. The van der Waals surface area contributed by atoms with E-state index in [1.54, 1.807) is 13.8 Å². The minimum absolute atomic E-state index is 0.000903. The fraction of sp³-hybridized carbons (Fsp3) is 0.943. The first-order valence-electron chi connectivity index (χ1n) is 48.3. The summed E-state index contributed by atoms with van der Waals surface area (Å²) in [6, 6.07) is 0.654. The van der Waals surface area contributed by atoms with Crippen molar-refractivity contribution in [2.45, 2.75) is 376 Å². The van der Waals surface area contributed by atoms with E-state index in [-0.39, 0.29) is 84.6 Å². The maximum Gasteiger partial charge on any atom is 0.325 e. The molecule has 0 aromatic rings. The summed E-state index contributed by atoms with van der Waals surface area (Å²) < 4.78 is 47.5. The third-order valence-corrected chi connectivity index (χ3v) is 20.2. The topological polar surface area (TPSA) is 231 Å². The van der Waals surface area contributed by atoms with Crippen LogP contribution in [0.15, 0.2) is 0 Å². The van der Waals surface area contributed by atoms with Crippen LogP contribution >= 0.6 is 0 Å². The van der Waals surface area contributed by atoms with Gasteiger partial charge in [0, 0.05) is 84.6 Å². The van der Waals surface area contributed by atoms with Crippen LogP contribution in [0.2, 0.25) is 0 Å². The molecule has 0 aromatic carbocycles. The van der Waals surface area contributed by atoms with E-state index in [0.717, 1.165) is 157 Å². The van der Waals surface area contributed by atoms with Crippen molar-refractivity contribution in [2.75, 3.05) is 192 Å². The average molecular weight is 1820 g/mol. The van der Waals surface area contributed by atoms with Crippen LogP contribution in [-0.2, 0) is 71.4 Å². The Balaban J connectivity index is -0.000000325. The van der Waals surface area contributed by atoms with E-state index >= 15 is 0 Å². The van der Waals surface area contributed by atoms with E-state index in [4.69, 9.17) is 48.4 Å². The Morgan fingerprint density at radius 2 is 0.583 bits per heavy atom. The van der Waals surface area contributed by atoms with Crippen molar-refractivity contribution in [1.82, 2.24) is 29.4 Å². The first-order chi connectivity index (χ1) is 56.5. The van der Waals surface area contributed by atoms with Crippen LogP contribution in [0.4, 0.5) is 0 Å². The van der Waals surface area contributed by atoms with Gasteiger partial charge in [-0.25, -0.2) is 0 Å². The Bertz CT molecular complexity index is 2830. The predicted molar refractivity (Wildman–Crippen MR) is 537 cm³/mol. The number of hydrogen-bond acceptors (Lipinski definition) is 22. The molecule has 2 N–H and O–H groups in total. The highest BCUT2D eigenvalue weighted by molar-refractivity contribution is 5.79. The Morgan fingerprint density at radius 3 is 0.811 bits per heavy atom. The monoisotopic (exact) mass is 1820 g/mol. The van der Waals surface area contributed by atoms with Gasteiger partial charge in [-0.1, -0.05) is 241 Å². The fourth-order valence-corrected chi connectivity index (χ4v) is 10.6. The molecule has 4 rings (SSSR count). The second-order valence-corrected chi connectivity index (χ2v) is 52.4. The zero-order valence-corrected chi connectivity index (χ0v) is 93.6. The minimum atomic E-state index is -0.884. The number of hydrogen-bond donors (Lipinski definition) is 1. The number of nitrogens with zero attached hydrogens (tertiary/aromatic N) is 6. The first kappa shape index (κ1) is 134. The fourth-order valence-electron chi connectivity index (χ4n) is 10.6. The van der Waals surface area contributed by atoms with Crippen LogP contribution in [0.25, 0.3) is 0 Å². The van der Waals surface area contributed by atoms with Gasteiger partial charge < -0.3 is 63.1 Å². The predicted octanol–water partition coefficient (Wildman–Crippen LogP) is 22.1. The van der Waals surface area contributed by atoms with E-state index < -0.39 is 16.4 Å². The molecule has 4 saturated heterocycles. The zero-order valence-electron chi connectivity index (χ0n) is 93.6. The maximum atomic E-state index is 12.2. The van der Waals surface area contributed by atoms with Gasteiger partial charge in [0.15, 0.2) is 0 Å². The van der Waals surface area contributed by atoms with Crippen molar-refractivity contribution >= 4 is 35.8 Å². The third kappa shape index (κ3) is 85.1. The lowest BCUT2D eigenvalue weighted by atomic mass is 9.87. The highest BCUT2D eigenvalue weighted by Gasteiger charge is 2.36. The van der Waals surface area contributed by atoms with Crippen molar-refractivity contribution in [3.63, 3.8) is 0 Å². The molecule has 4 fully saturated rings. The molecule has 0 amide bonds. The highest BCUT2D eigenvalue weighted by atomic mass is 16.6. The van der Waals surface area contributed by atoms with E-state index in [1.165, 1.54) is 13.0 Å². The number of morpholine rings is 3. The molecule has 22 nitrogen and oxygen atoms in total. The molecule has 1 atom stereocenters. The van der Waals surface area contributed by atoms with Gasteiger partial charge in [0.2, 0.25) is 0 Å². The van der Waals surface area contributed by atoms with Gasteiger partial charge in [0.25, 0.3) is 0 Å². The SMILES string of the molecule is CC(C)(C)CN1CCOCC1.CC(C)(C)COC(=O)C(C)(C)C.CC(C)(C)COC(=O)C(C)(C)CCN1CCOCC1.CC(C)(C)COC(=O)C(C)(C)N.CC(N1CCOCC1)C(C)(C)C.CCC(C)(C)C.CCC(C)(C)C(=O)OCC(C)(C)C.CCCC(C)(C)C(=O)OCC(C)(C)C.CN(C)CC(C)(C)C.CN1CCN(CCC(C)(C)C(=O)OCC(C)(C)C)CC1. The average Bonchev–Trinajstić information content (AvgIpc) is 0.874. The Hall–Kier alpha value is -3.58. The number of carbonyl (C=O) groups is 6. The molecule has 0 saturated carbocycles. The quantitative estimate of drug-likeness (QED) is 0.0740. The highest BCUT2D eigenvalue weighted by Crippen LogP contribution is 2.31. The summed E-state index contributed by atoms with van der Waals surface area (Å²) in [6.45, 7) is 120. The van der Waals surface area contributed by atoms with Gasteiger partial charge in [0.1, 0.15) is 5.54 Å². The number of piperazine rings is 1. The van der Waals surface area contributed by atoms with Crippen molar-refractivity contribution in [1.29, 1.82) is 0 Å². The standard InChI is InChI=1S/C16H32N2O2.C15H29NO3.C12H24O2.C11H22O2.C10H21NO.C10H20O2.C9H19NO2.C9H19NO.C7H17N.C6H14/c1-15(2,3)13-20-14(19)16(4,5)7-8-18-11-9-17(6)10-12-18;1-14(2,3)12-19-13(17)15(4,5)6-7-16-8-10-18-11-9-16;1-7-8-12(5,6)10(13)14-9-11(2,3)4;1-7-11(5,6)9(12)13-8-10(2,3)4;1-9(10(2,3)4)11-5-7-12-8-6-11;1-9(2,3)7-12-8(11)10(4,5)6;1-8(2,3)6-12-7(11)9(4,5)10;1-9(2,3)8-10-4-6-11-7-5-10;1-7(2,3)6-8(4)5;1-5-6(2,3)4/h7-13H2,1-6H3;6-12H2,1-5H3;7-9H2,1-6H3;7-8H2,1-6H3;9H,5-8H2,1-4H3;7H2,1-6H3;6,10H2,1-5H3;4-8H2,1-3H3;6H2,1-5H3;5H2,1-4H3. The molecule has 1 unspecified atom stereocenters. The number of rotatable bonds is 23. The van der Waals surface area contributed by atoms with E-state index in [0.29, 0.717) is 67.3 Å². The van der Waals surface area contributed by atoms with Crippen LogP contribution in [-0.4, -0.2) is 269 Å². The summed E-state index contributed by atoms with van der Waals surface area (Å²) in [7, 11) is 6.36. The van der Waals surface area contributed by atoms with Gasteiger partial charge in [-0.15, -0.1) is 0 Å². The lowest BCUT2D eigenvalue weighted by molar-refractivity contribution is -0.158. The van der Waals surface area contributed by atoms with Crippen LogP contribution < -0.4 is 5.73 Å². The Morgan fingerprint density at radius 1 is 0.323 bits per heavy atom. The van der Waals surface area contributed by atoms with Crippen LogP contribution in [0.3, 0.4) is 0 Å². The lowest BCUT2D eigenvalue weighted by Crippen LogP contribution is -2.47. The molecule has 0 bridgehead atoms.